The Morgan fingerprint density at radius 3 is 2.50 bits per heavy atom. The van der Waals surface area contributed by atoms with E-state index in [0.29, 0.717) is 6.42 Å². The van der Waals surface area contributed by atoms with Crippen molar-refractivity contribution in [3.63, 3.8) is 0 Å². The molecule has 5 N–H and O–H groups in total. The van der Waals surface area contributed by atoms with E-state index in [2.05, 4.69) is 0 Å². The average Bonchev–Trinajstić information content (AvgIpc) is 2.90. The van der Waals surface area contributed by atoms with Crippen LogP contribution in [0, 0.1) is 23.7 Å². The number of carbonyl (C=O) groups is 1. The standard InChI is InChI=1S/C17H26O9/c1-6-10(19)3-8-9(15(22)23)5-24-17(12(6)8)26-16-7(2)13(20)14(21)11(4-18)25-16/h5-8,10-14,16-21H,3-4H2,1-2H3,(H,22,23)/t6-,7+,8+,10-,11+,12+,13+,14+,16-,17-/m0/s1. The van der Waals surface area contributed by atoms with Crippen molar-refractivity contribution in [3.05, 3.63) is 11.8 Å². The van der Waals surface area contributed by atoms with Gasteiger partial charge in [-0.15, -0.1) is 0 Å². The maximum atomic E-state index is 11.4. The molecule has 3 rings (SSSR count). The summed E-state index contributed by atoms with van der Waals surface area (Å²) in [4.78, 5) is 11.4. The molecule has 0 aromatic heterocycles. The van der Waals surface area contributed by atoms with Gasteiger partial charge in [0.15, 0.2) is 6.29 Å². The molecule has 3 aliphatic rings. The van der Waals surface area contributed by atoms with Crippen LogP contribution in [-0.4, -0.2) is 75.1 Å². The highest BCUT2D eigenvalue weighted by Gasteiger charge is 2.52. The molecule has 2 heterocycles. The molecular weight excluding hydrogens is 348 g/mol. The molecular formula is C17H26O9. The first kappa shape index (κ1) is 19.5. The van der Waals surface area contributed by atoms with Gasteiger partial charge in [0, 0.05) is 17.8 Å². The zero-order valence-corrected chi connectivity index (χ0v) is 14.6. The van der Waals surface area contributed by atoms with Crippen molar-refractivity contribution in [2.75, 3.05) is 6.61 Å². The van der Waals surface area contributed by atoms with Gasteiger partial charge in [-0.05, 0) is 12.3 Å². The van der Waals surface area contributed by atoms with Crippen molar-refractivity contribution >= 4 is 5.97 Å². The third-order valence-corrected chi connectivity index (χ3v) is 5.92. The molecule has 2 fully saturated rings. The Labute approximate surface area is 150 Å². The van der Waals surface area contributed by atoms with Crippen LogP contribution in [0.25, 0.3) is 0 Å². The van der Waals surface area contributed by atoms with Crippen molar-refractivity contribution in [2.45, 2.75) is 57.3 Å². The molecule has 1 saturated heterocycles. The van der Waals surface area contributed by atoms with Crippen molar-refractivity contribution in [1.82, 2.24) is 0 Å². The summed E-state index contributed by atoms with van der Waals surface area (Å²) >= 11 is 0. The lowest BCUT2D eigenvalue weighted by Gasteiger charge is -2.43. The van der Waals surface area contributed by atoms with E-state index in [0.717, 1.165) is 6.26 Å². The first-order valence-corrected chi connectivity index (χ1v) is 8.81. The second-order valence-corrected chi connectivity index (χ2v) is 7.43. The van der Waals surface area contributed by atoms with Gasteiger partial charge in [0.2, 0.25) is 6.29 Å². The normalized spacial score (nSPS) is 48.5. The van der Waals surface area contributed by atoms with E-state index < -0.39 is 67.3 Å². The number of fused-ring (bicyclic) bond motifs is 1. The number of hydrogen-bond acceptors (Lipinski definition) is 8. The smallest absolute Gasteiger partial charge is 0.334 e. The lowest BCUT2D eigenvalue weighted by atomic mass is 9.83. The summed E-state index contributed by atoms with van der Waals surface area (Å²) in [7, 11) is 0. The van der Waals surface area contributed by atoms with Gasteiger partial charge < -0.3 is 39.7 Å². The highest BCUT2D eigenvalue weighted by Crippen LogP contribution is 2.47. The van der Waals surface area contributed by atoms with Crippen molar-refractivity contribution in [2.24, 2.45) is 23.7 Å². The van der Waals surface area contributed by atoms with Crippen LogP contribution in [0.4, 0.5) is 0 Å². The monoisotopic (exact) mass is 374 g/mol. The maximum absolute atomic E-state index is 11.4. The lowest BCUT2D eigenvalue weighted by molar-refractivity contribution is -0.329. The van der Waals surface area contributed by atoms with Crippen LogP contribution in [0.15, 0.2) is 11.8 Å². The van der Waals surface area contributed by atoms with Gasteiger partial charge >= 0.3 is 5.97 Å². The molecule has 9 nitrogen and oxygen atoms in total. The Hall–Kier alpha value is -1.23. The van der Waals surface area contributed by atoms with Gasteiger partial charge in [-0.3, -0.25) is 0 Å². The minimum absolute atomic E-state index is 0.0968. The van der Waals surface area contributed by atoms with Crippen LogP contribution in [0.1, 0.15) is 20.3 Å². The Morgan fingerprint density at radius 1 is 1.19 bits per heavy atom. The van der Waals surface area contributed by atoms with Crippen molar-refractivity contribution < 1.29 is 44.5 Å². The first-order chi connectivity index (χ1) is 12.3. The highest BCUT2D eigenvalue weighted by molar-refractivity contribution is 5.87. The molecule has 0 bridgehead atoms. The molecule has 0 amide bonds. The molecule has 1 saturated carbocycles. The van der Waals surface area contributed by atoms with Crippen molar-refractivity contribution in [1.29, 1.82) is 0 Å². The van der Waals surface area contributed by atoms with Crippen LogP contribution in [-0.2, 0) is 19.0 Å². The zero-order chi connectivity index (χ0) is 19.2. The fourth-order valence-corrected chi connectivity index (χ4v) is 4.18. The van der Waals surface area contributed by atoms with E-state index in [9.17, 15) is 30.3 Å². The summed E-state index contributed by atoms with van der Waals surface area (Å²) in [5, 5.41) is 48.9. The molecule has 0 spiro atoms. The van der Waals surface area contributed by atoms with Crippen LogP contribution in [0.3, 0.4) is 0 Å². The number of ether oxygens (including phenoxy) is 3. The molecule has 2 aliphatic heterocycles. The van der Waals surface area contributed by atoms with Gasteiger partial charge in [0.25, 0.3) is 0 Å². The van der Waals surface area contributed by atoms with Crippen LogP contribution in [0.2, 0.25) is 0 Å². The van der Waals surface area contributed by atoms with E-state index in [1.165, 1.54) is 0 Å². The predicted molar refractivity (Wildman–Crippen MR) is 85.4 cm³/mol. The third-order valence-electron chi connectivity index (χ3n) is 5.92. The Morgan fingerprint density at radius 2 is 1.88 bits per heavy atom. The molecule has 0 unspecified atom stereocenters. The Bertz CT molecular complexity index is 562. The summed E-state index contributed by atoms with van der Waals surface area (Å²) in [5.41, 5.74) is 0.0968. The minimum Gasteiger partial charge on any atom is -0.478 e. The van der Waals surface area contributed by atoms with Gasteiger partial charge in [0.1, 0.15) is 12.2 Å². The number of rotatable bonds is 4. The first-order valence-electron chi connectivity index (χ1n) is 8.81. The van der Waals surface area contributed by atoms with Gasteiger partial charge in [-0.25, -0.2) is 4.79 Å². The molecule has 0 aromatic carbocycles. The summed E-state index contributed by atoms with van der Waals surface area (Å²) in [6.07, 6.45) is -4.45. The van der Waals surface area contributed by atoms with E-state index in [1.54, 1.807) is 13.8 Å². The topological polar surface area (TPSA) is 146 Å². The summed E-state index contributed by atoms with van der Waals surface area (Å²) in [5.74, 6) is -2.76. The van der Waals surface area contributed by atoms with E-state index in [-0.39, 0.29) is 11.5 Å². The second kappa shape index (κ2) is 7.41. The Kier molecular flexibility index (Phi) is 5.57. The largest absolute Gasteiger partial charge is 0.478 e. The van der Waals surface area contributed by atoms with E-state index >= 15 is 0 Å². The third kappa shape index (κ3) is 3.23. The number of aliphatic hydroxyl groups is 4. The molecule has 10 atom stereocenters. The highest BCUT2D eigenvalue weighted by atomic mass is 16.8. The summed E-state index contributed by atoms with van der Waals surface area (Å²) in [6, 6.07) is 0. The number of hydrogen-bond donors (Lipinski definition) is 5. The molecule has 0 radical (unpaired) electrons. The zero-order valence-electron chi connectivity index (χ0n) is 14.6. The fraction of sp³-hybridized carbons (Fsp3) is 0.824. The Balaban J connectivity index is 1.79. The fourth-order valence-electron chi connectivity index (χ4n) is 4.18. The SMILES string of the molecule is C[C@@H]1[C@H]2[C@H](O[C@@H]3O[C@H](CO)[C@@H](O)[C@H](O)[C@H]3C)OC=C(C(=O)O)[C@H]2C[C@@H]1O. The summed E-state index contributed by atoms with van der Waals surface area (Å²) in [6.45, 7) is 2.96. The number of aliphatic hydroxyl groups excluding tert-OH is 4. The van der Waals surface area contributed by atoms with E-state index in [1.807, 2.05) is 0 Å². The number of carboxylic acids is 1. The minimum atomic E-state index is -1.24. The van der Waals surface area contributed by atoms with Crippen LogP contribution in [0.5, 0.6) is 0 Å². The van der Waals surface area contributed by atoms with Crippen LogP contribution >= 0.6 is 0 Å². The number of aliphatic carboxylic acids is 1. The molecule has 26 heavy (non-hydrogen) atoms. The quantitative estimate of drug-likeness (QED) is 0.420. The molecule has 0 aromatic rings. The molecule has 9 heteroatoms. The molecule has 148 valence electrons. The predicted octanol–water partition coefficient (Wildman–Crippen LogP) is -0.964. The van der Waals surface area contributed by atoms with Gasteiger partial charge in [0.05, 0.1) is 30.6 Å². The van der Waals surface area contributed by atoms with Crippen LogP contribution < -0.4 is 0 Å². The lowest BCUT2D eigenvalue weighted by Crippen LogP contribution is -2.56. The maximum Gasteiger partial charge on any atom is 0.334 e. The second-order valence-electron chi connectivity index (χ2n) is 7.43. The summed E-state index contributed by atoms with van der Waals surface area (Å²) < 4.78 is 16.9. The number of carboxylic acid groups (broad SMARTS) is 1. The molecule has 1 aliphatic carbocycles. The average molecular weight is 374 g/mol. The van der Waals surface area contributed by atoms with E-state index in [4.69, 9.17) is 14.2 Å². The van der Waals surface area contributed by atoms with Crippen molar-refractivity contribution in [3.8, 4) is 0 Å². The van der Waals surface area contributed by atoms with Gasteiger partial charge in [-0.2, -0.15) is 0 Å². The van der Waals surface area contributed by atoms with Gasteiger partial charge in [-0.1, -0.05) is 13.8 Å².